The Kier molecular flexibility index (Phi) is 9.56. The molecule has 0 spiro atoms. The van der Waals surface area contributed by atoms with Crippen molar-refractivity contribution in [2.24, 2.45) is 5.92 Å². The Hall–Kier alpha value is -1.35. The molecule has 1 N–H and O–H groups in total. The molecular formula is C19H31NO2. The zero-order valence-electron chi connectivity index (χ0n) is 14.4. The second-order valence-electron chi connectivity index (χ2n) is 5.97. The Morgan fingerprint density at radius 2 is 2.09 bits per heavy atom. The van der Waals surface area contributed by atoms with E-state index in [1.54, 1.807) is 0 Å². The number of hydrogen-bond donors (Lipinski definition) is 1. The molecule has 0 bridgehead atoms. The zero-order chi connectivity index (χ0) is 16.2. The molecule has 1 atom stereocenters. The summed E-state index contributed by atoms with van der Waals surface area (Å²) in [6.45, 7) is 8.68. The molecule has 1 unspecified atom stereocenters. The smallest absolute Gasteiger partial charge is 0.251 e. The molecule has 0 aliphatic carbocycles. The summed E-state index contributed by atoms with van der Waals surface area (Å²) in [6.07, 6.45) is 5.85. The van der Waals surface area contributed by atoms with Gasteiger partial charge in [0.1, 0.15) is 0 Å². The number of ether oxygens (including phenoxy) is 1. The van der Waals surface area contributed by atoms with Gasteiger partial charge in [-0.05, 0) is 37.8 Å². The topological polar surface area (TPSA) is 38.3 Å². The molecule has 1 aromatic rings. The van der Waals surface area contributed by atoms with Gasteiger partial charge in [-0.15, -0.1) is 0 Å². The van der Waals surface area contributed by atoms with E-state index in [9.17, 15) is 4.79 Å². The number of benzene rings is 1. The van der Waals surface area contributed by atoms with E-state index in [-0.39, 0.29) is 5.91 Å². The summed E-state index contributed by atoms with van der Waals surface area (Å²) < 4.78 is 5.74. The Morgan fingerprint density at radius 1 is 1.27 bits per heavy atom. The molecule has 1 aromatic carbocycles. The first-order valence-electron chi connectivity index (χ1n) is 8.60. The third-order valence-corrected chi connectivity index (χ3v) is 3.93. The summed E-state index contributed by atoms with van der Waals surface area (Å²) in [7, 11) is 0. The molecule has 0 radical (unpaired) electrons. The number of nitrogens with one attached hydrogen (secondary N) is 1. The summed E-state index contributed by atoms with van der Waals surface area (Å²) in [5.74, 6) is 0.680. The fourth-order valence-electron chi connectivity index (χ4n) is 2.41. The van der Waals surface area contributed by atoms with Crippen LogP contribution in [0.2, 0.25) is 0 Å². The molecule has 0 heterocycles. The van der Waals surface area contributed by atoms with Gasteiger partial charge in [0.05, 0.1) is 0 Å². The SMILES string of the molecule is CCCCC(CC)COCCCNC(=O)c1cccc(C)c1. The van der Waals surface area contributed by atoms with Crippen molar-refractivity contribution < 1.29 is 9.53 Å². The van der Waals surface area contributed by atoms with Crippen LogP contribution in [0, 0.1) is 12.8 Å². The monoisotopic (exact) mass is 305 g/mol. The van der Waals surface area contributed by atoms with Crippen LogP contribution in [0.25, 0.3) is 0 Å². The van der Waals surface area contributed by atoms with Crippen LogP contribution < -0.4 is 5.32 Å². The molecule has 0 aromatic heterocycles. The van der Waals surface area contributed by atoms with Crippen molar-refractivity contribution in [3.8, 4) is 0 Å². The molecule has 124 valence electrons. The van der Waals surface area contributed by atoms with Gasteiger partial charge in [-0.25, -0.2) is 0 Å². The predicted molar refractivity (Wildman–Crippen MR) is 92.3 cm³/mol. The predicted octanol–water partition coefficient (Wildman–Crippen LogP) is 4.35. The van der Waals surface area contributed by atoms with Gasteiger partial charge in [0, 0.05) is 25.3 Å². The van der Waals surface area contributed by atoms with Crippen molar-refractivity contribution >= 4 is 5.91 Å². The van der Waals surface area contributed by atoms with Crippen molar-refractivity contribution in [2.75, 3.05) is 19.8 Å². The van der Waals surface area contributed by atoms with E-state index in [1.165, 1.54) is 25.7 Å². The minimum atomic E-state index is -0.00178. The fourth-order valence-corrected chi connectivity index (χ4v) is 2.41. The first-order valence-corrected chi connectivity index (χ1v) is 8.60. The third kappa shape index (κ3) is 7.60. The normalized spacial score (nSPS) is 12.1. The van der Waals surface area contributed by atoms with Gasteiger partial charge in [-0.1, -0.05) is 50.8 Å². The quantitative estimate of drug-likeness (QED) is 0.617. The first kappa shape index (κ1) is 18.7. The van der Waals surface area contributed by atoms with E-state index in [2.05, 4.69) is 19.2 Å². The maximum Gasteiger partial charge on any atom is 0.251 e. The molecule has 22 heavy (non-hydrogen) atoms. The van der Waals surface area contributed by atoms with Crippen LogP contribution in [0.3, 0.4) is 0 Å². The van der Waals surface area contributed by atoms with Crippen LogP contribution in [0.1, 0.15) is 61.9 Å². The van der Waals surface area contributed by atoms with Crippen molar-refractivity contribution in [3.05, 3.63) is 35.4 Å². The molecule has 3 nitrogen and oxygen atoms in total. The number of amides is 1. The summed E-state index contributed by atoms with van der Waals surface area (Å²) in [5, 5.41) is 2.94. The fraction of sp³-hybridized carbons (Fsp3) is 0.632. The molecule has 0 saturated heterocycles. The van der Waals surface area contributed by atoms with Crippen molar-refractivity contribution in [1.82, 2.24) is 5.32 Å². The molecule has 1 rings (SSSR count). The average Bonchev–Trinajstić information content (AvgIpc) is 2.53. The number of rotatable bonds is 11. The Morgan fingerprint density at radius 3 is 2.77 bits per heavy atom. The highest BCUT2D eigenvalue weighted by atomic mass is 16.5. The first-order chi connectivity index (χ1) is 10.7. The van der Waals surface area contributed by atoms with Gasteiger partial charge >= 0.3 is 0 Å². The maximum absolute atomic E-state index is 12.0. The van der Waals surface area contributed by atoms with Gasteiger partial charge in [-0.3, -0.25) is 4.79 Å². The summed E-state index contributed by atoms with van der Waals surface area (Å²) in [6, 6.07) is 7.66. The number of carbonyl (C=O) groups is 1. The van der Waals surface area contributed by atoms with Gasteiger partial charge in [0.25, 0.3) is 5.91 Å². The van der Waals surface area contributed by atoms with Crippen LogP contribution in [0.5, 0.6) is 0 Å². The Labute approximate surface area is 135 Å². The van der Waals surface area contributed by atoms with E-state index in [0.717, 1.165) is 30.8 Å². The van der Waals surface area contributed by atoms with Crippen molar-refractivity contribution in [2.45, 2.75) is 52.9 Å². The lowest BCUT2D eigenvalue weighted by Gasteiger charge is -2.14. The highest BCUT2D eigenvalue weighted by molar-refractivity contribution is 5.94. The minimum absolute atomic E-state index is 0.00178. The van der Waals surface area contributed by atoms with Crippen molar-refractivity contribution in [1.29, 1.82) is 0 Å². The van der Waals surface area contributed by atoms with E-state index in [0.29, 0.717) is 12.5 Å². The summed E-state index contributed by atoms with van der Waals surface area (Å²) in [4.78, 5) is 12.0. The molecule has 0 fully saturated rings. The van der Waals surface area contributed by atoms with Crippen LogP contribution in [0.4, 0.5) is 0 Å². The summed E-state index contributed by atoms with van der Waals surface area (Å²) >= 11 is 0. The molecule has 1 amide bonds. The standard InChI is InChI=1S/C19H31NO2/c1-4-6-10-17(5-2)15-22-13-8-12-20-19(21)18-11-7-9-16(3)14-18/h7,9,11,14,17H,4-6,8,10,12-13,15H2,1-3H3,(H,20,21). The minimum Gasteiger partial charge on any atom is -0.381 e. The number of hydrogen-bond acceptors (Lipinski definition) is 2. The molecule has 0 saturated carbocycles. The average molecular weight is 305 g/mol. The van der Waals surface area contributed by atoms with E-state index < -0.39 is 0 Å². The highest BCUT2D eigenvalue weighted by Crippen LogP contribution is 2.12. The van der Waals surface area contributed by atoms with E-state index in [1.807, 2.05) is 31.2 Å². The van der Waals surface area contributed by atoms with Crippen LogP contribution in [0.15, 0.2) is 24.3 Å². The third-order valence-electron chi connectivity index (χ3n) is 3.93. The Bertz CT molecular complexity index is 431. The van der Waals surface area contributed by atoms with Gasteiger partial charge in [0.15, 0.2) is 0 Å². The number of carbonyl (C=O) groups excluding carboxylic acids is 1. The lowest BCUT2D eigenvalue weighted by molar-refractivity contribution is 0.0875. The second-order valence-corrected chi connectivity index (χ2v) is 5.97. The largest absolute Gasteiger partial charge is 0.381 e. The molecular weight excluding hydrogens is 274 g/mol. The molecule has 3 heteroatoms. The van der Waals surface area contributed by atoms with Gasteiger partial charge < -0.3 is 10.1 Å². The van der Waals surface area contributed by atoms with E-state index in [4.69, 9.17) is 4.74 Å². The zero-order valence-corrected chi connectivity index (χ0v) is 14.4. The number of aryl methyl sites for hydroxylation is 1. The summed E-state index contributed by atoms with van der Waals surface area (Å²) in [5.41, 5.74) is 1.83. The molecule has 0 aliphatic rings. The lowest BCUT2D eigenvalue weighted by atomic mass is 10.0. The van der Waals surface area contributed by atoms with Crippen LogP contribution in [-0.4, -0.2) is 25.7 Å². The Balaban J connectivity index is 2.11. The lowest BCUT2D eigenvalue weighted by Crippen LogP contribution is -2.25. The van der Waals surface area contributed by atoms with Gasteiger partial charge in [0.2, 0.25) is 0 Å². The number of unbranched alkanes of at least 4 members (excludes halogenated alkanes) is 1. The van der Waals surface area contributed by atoms with Crippen LogP contribution >= 0.6 is 0 Å². The molecule has 0 aliphatic heterocycles. The maximum atomic E-state index is 12.0. The van der Waals surface area contributed by atoms with Crippen molar-refractivity contribution in [3.63, 3.8) is 0 Å². The van der Waals surface area contributed by atoms with Gasteiger partial charge in [-0.2, -0.15) is 0 Å². The highest BCUT2D eigenvalue weighted by Gasteiger charge is 2.06. The van der Waals surface area contributed by atoms with Crippen LogP contribution in [-0.2, 0) is 4.74 Å². The second kappa shape index (κ2) is 11.2. The van der Waals surface area contributed by atoms with E-state index >= 15 is 0 Å².